The number of carbonyl (C=O) groups excluding carboxylic acids is 1. The van der Waals surface area contributed by atoms with Gasteiger partial charge in [0.25, 0.3) is 5.91 Å². The number of hydrogen-bond donors (Lipinski definition) is 1. The number of aryl methyl sites for hydroxylation is 1. The second-order valence-corrected chi connectivity index (χ2v) is 9.83. The zero-order valence-electron chi connectivity index (χ0n) is 22.9. The molecule has 0 aliphatic rings. The Morgan fingerprint density at radius 2 is 1.60 bits per heavy atom. The van der Waals surface area contributed by atoms with Gasteiger partial charge in [-0.15, -0.1) is 0 Å². The molecule has 1 heterocycles. The molecule has 1 aromatic heterocycles. The molecule has 0 aliphatic carbocycles. The van der Waals surface area contributed by atoms with Crippen molar-refractivity contribution >= 4 is 21.8 Å². The van der Waals surface area contributed by atoms with E-state index in [9.17, 15) is 13.2 Å². The van der Waals surface area contributed by atoms with Gasteiger partial charge < -0.3 is 14.2 Å². The van der Waals surface area contributed by atoms with Crippen LogP contribution >= 0.6 is 0 Å². The van der Waals surface area contributed by atoms with E-state index in [2.05, 4.69) is 15.1 Å². The number of aliphatic imine (C=N–C) groups is 1. The SMILES string of the molecule is CCOC(C)=NC(=O)c1cccc(OC)c1.COc1cccc(-c2nc(C)nn2-c2ccc(S(N)(=O)=O)cc2)c1. The van der Waals surface area contributed by atoms with Crippen molar-refractivity contribution in [3.63, 3.8) is 0 Å². The second-order valence-electron chi connectivity index (χ2n) is 8.27. The van der Waals surface area contributed by atoms with Crippen LogP contribution in [0.2, 0.25) is 0 Å². The molecule has 4 aromatic rings. The first-order valence-corrected chi connectivity index (χ1v) is 13.7. The number of aromatic nitrogens is 3. The zero-order chi connectivity index (χ0) is 29.3. The number of carbonyl (C=O) groups is 1. The van der Waals surface area contributed by atoms with Crippen molar-refractivity contribution in [1.29, 1.82) is 0 Å². The number of amides is 1. The van der Waals surface area contributed by atoms with Crippen LogP contribution in [-0.2, 0) is 14.8 Å². The van der Waals surface area contributed by atoms with Crippen LogP contribution in [-0.4, -0.2) is 55.8 Å². The van der Waals surface area contributed by atoms with Gasteiger partial charge in [-0.3, -0.25) is 4.79 Å². The van der Waals surface area contributed by atoms with E-state index in [1.54, 1.807) is 69.1 Å². The lowest BCUT2D eigenvalue weighted by molar-refractivity contribution is 0.0999. The van der Waals surface area contributed by atoms with Gasteiger partial charge in [0.05, 0.1) is 31.4 Å². The van der Waals surface area contributed by atoms with Gasteiger partial charge in [-0.2, -0.15) is 10.1 Å². The topological polar surface area (TPSA) is 148 Å². The number of nitrogens with zero attached hydrogens (tertiary/aromatic N) is 4. The van der Waals surface area contributed by atoms with E-state index in [4.69, 9.17) is 19.3 Å². The summed E-state index contributed by atoms with van der Waals surface area (Å²) in [6.45, 7) is 5.79. The van der Waals surface area contributed by atoms with Crippen LogP contribution in [0.5, 0.6) is 11.5 Å². The Balaban J connectivity index is 0.000000241. The smallest absolute Gasteiger partial charge is 0.280 e. The highest BCUT2D eigenvalue weighted by atomic mass is 32.2. The molecular weight excluding hydrogens is 534 g/mol. The molecule has 0 radical (unpaired) electrons. The van der Waals surface area contributed by atoms with Gasteiger partial charge in [0, 0.05) is 18.1 Å². The van der Waals surface area contributed by atoms with Gasteiger partial charge in [-0.1, -0.05) is 18.2 Å². The molecule has 0 bridgehead atoms. The minimum atomic E-state index is -3.73. The molecule has 210 valence electrons. The summed E-state index contributed by atoms with van der Waals surface area (Å²) in [5.41, 5.74) is 2.00. The summed E-state index contributed by atoms with van der Waals surface area (Å²) in [6, 6.07) is 20.5. The maximum Gasteiger partial charge on any atom is 0.280 e. The third kappa shape index (κ3) is 7.98. The predicted molar refractivity (Wildman–Crippen MR) is 152 cm³/mol. The Kier molecular flexibility index (Phi) is 10.1. The predicted octanol–water partition coefficient (Wildman–Crippen LogP) is 4.19. The quantitative estimate of drug-likeness (QED) is 0.259. The molecular formula is C28H31N5O6S. The monoisotopic (exact) mass is 565 g/mol. The highest BCUT2D eigenvalue weighted by Crippen LogP contribution is 2.25. The fourth-order valence-corrected chi connectivity index (χ4v) is 4.04. The summed E-state index contributed by atoms with van der Waals surface area (Å²) in [5, 5.41) is 9.51. The zero-order valence-corrected chi connectivity index (χ0v) is 23.7. The molecule has 0 saturated carbocycles. The molecule has 0 aliphatic heterocycles. The van der Waals surface area contributed by atoms with Crippen LogP contribution in [0.15, 0.2) is 82.7 Å². The molecule has 12 heteroatoms. The maximum atomic E-state index is 11.7. The van der Waals surface area contributed by atoms with Gasteiger partial charge in [0.2, 0.25) is 10.0 Å². The van der Waals surface area contributed by atoms with Crippen LogP contribution in [0.4, 0.5) is 0 Å². The molecule has 0 atom stereocenters. The van der Waals surface area contributed by atoms with Crippen LogP contribution in [0.25, 0.3) is 17.1 Å². The summed E-state index contributed by atoms with van der Waals surface area (Å²) in [5.74, 6) is 2.62. The Bertz CT molecular complexity index is 1600. The highest BCUT2D eigenvalue weighted by Gasteiger charge is 2.14. The summed E-state index contributed by atoms with van der Waals surface area (Å²) in [7, 11) is -0.578. The fraction of sp³-hybridized carbons (Fsp3) is 0.214. The summed E-state index contributed by atoms with van der Waals surface area (Å²) >= 11 is 0. The van der Waals surface area contributed by atoms with Crippen molar-refractivity contribution in [2.24, 2.45) is 10.1 Å². The first-order valence-electron chi connectivity index (χ1n) is 12.1. The standard InChI is InChI=1S/C16H16N4O3S.C12H15NO3/c1-11-18-16(12-4-3-5-14(10-12)23-2)20(19-11)13-6-8-15(9-7-13)24(17,21)22;1-4-16-9(2)13-12(14)10-6-5-7-11(8-10)15-3/h3-10H,1-2H3,(H2,17,21,22);5-8H,4H2,1-3H3. The minimum absolute atomic E-state index is 0.0472. The van der Waals surface area contributed by atoms with E-state index in [0.29, 0.717) is 46.9 Å². The van der Waals surface area contributed by atoms with Crippen molar-refractivity contribution in [2.45, 2.75) is 25.7 Å². The normalized spacial score (nSPS) is 11.3. The average Bonchev–Trinajstić information content (AvgIpc) is 3.34. The van der Waals surface area contributed by atoms with E-state index >= 15 is 0 Å². The van der Waals surface area contributed by atoms with Crippen LogP contribution in [0, 0.1) is 6.92 Å². The number of rotatable bonds is 7. The molecule has 0 saturated heterocycles. The van der Waals surface area contributed by atoms with E-state index < -0.39 is 10.0 Å². The third-order valence-electron chi connectivity index (χ3n) is 5.38. The van der Waals surface area contributed by atoms with Gasteiger partial charge in [0.1, 0.15) is 17.3 Å². The van der Waals surface area contributed by atoms with Crippen LogP contribution in [0.1, 0.15) is 30.0 Å². The van der Waals surface area contributed by atoms with Gasteiger partial charge in [-0.05, 0) is 68.4 Å². The van der Waals surface area contributed by atoms with E-state index in [1.807, 2.05) is 31.2 Å². The average molecular weight is 566 g/mol. The molecule has 11 nitrogen and oxygen atoms in total. The van der Waals surface area contributed by atoms with E-state index in [-0.39, 0.29) is 10.8 Å². The molecule has 40 heavy (non-hydrogen) atoms. The van der Waals surface area contributed by atoms with Gasteiger partial charge in [-0.25, -0.2) is 23.2 Å². The highest BCUT2D eigenvalue weighted by molar-refractivity contribution is 7.89. The Hall–Kier alpha value is -4.55. The summed E-state index contributed by atoms with van der Waals surface area (Å²) in [6.07, 6.45) is 0. The van der Waals surface area contributed by atoms with Gasteiger partial charge in [0.15, 0.2) is 11.7 Å². The van der Waals surface area contributed by atoms with Crippen molar-refractivity contribution < 1.29 is 27.4 Å². The lowest BCUT2D eigenvalue weighted by Crippen LogP contribution is -2.12. The first kappa shape index (κ1) is 30.0. The molecule has 0 unspecified atom stereocenters. The van der Waals surface area contributed by atoms with Crippen molar-refractivity contribution in [2.75, 3.05) is 20.8 Å². The fourth-order valence-electron chi connectivity index (χ4n) is 3.53. The molecule has 0 spiro atoms. The molecule has 2 N–H and O–H groups in total. The lowest BCUT2D eigenvalue weighted by atomic mass is 10.2. The van der Waals surface area contributed by atoms with Gasteiger partial charge >= 0.3 is 0 Å². The van der Waals surface area contributed by atoms with Crippen molar-refractivity contribution in [1.82, 2.24) is 14.8 Å². The Labute approximate surface area is 233 Å². The van der Waals surface area contributed by atoms with E-state index in [1.165, 1.54) is 12.1 Å². The summed E-state index contributed by atoms with van der Waals surface area (Å²) in [4.78, 5) is 20.0. The largest absolute Gasteiger partial charge is 0.497 e. The Morgan fingerprint density at radius 1 is 0.975 bits per heavy atom. The number of sulfonamides is 1. The number of hydrogen-bond acceptors (Lipinski definition) is 8. The molecule has 0 fully saturated rings. The molecule has 3 aromatic carbocycles. The number of primary sulfonamides is 1. The van der Waals surface area contributed by atoms with E-state index in [0.717, 1.165) is 5.56 Å². The summed E-state index contributed by atoms with van der Waals surface area (Å²) < 4.78 is 39.8. The number of ether oxygens (including phenoxy) is 3. The maximum absolute atomic E-state index is 11.7. The number of benzene rings is 3. The molecule has 4 rings (SSSR count). The lowest BCUT2D eigenvalue weighted by Gasteiger charge is -2.08. The van der Waals surface area contributed by atoms with Crippen LogP contribution in [0.3, 0.4) is 0 Å². The Morgan fingerprint density at radius 3 is 2.20 bits per heavy atom. The number of nitrogens with two attached hydrogens (primary N) is 1. The number of methoxy groups -OCH3 is 2. The first-order chi connectivity index (χ1) is 19.0. The molecule has 1 amide bonds. The third-order valence-corrected chi connectivity index (χ3v) is 6.31. The minimum Gasteiger partial charge on any atom is -0.497 e. The van der Waals surface area contributed by atoms with Crippen molar-refractivity contribution in [3.05, 3.63) is 84.2 Å². The van der Waals surface area contributed by atoms with Crippen LogP contribution < -0.4 is 14.6 Å². The van der Waals surface area contributed by atoms with Crippen molar-refractivity contribution in [3.8, 4) is 28.6 Å². The second kappa shape index (κ2) is 13.5.